The van der Waals surface area contributed by atoms with Crippen LogP contribution in [0.2, 0.25) is 0 Å². The van der Waals surface area contributed by atoms with Crippen molar-refractivity contribution in [1.29, 1.82) is 0 Å². The highest BCUT2D eigenvalue weighted by Crippen LogP contribution is 2.46. The molecule has 0 radical (unpaired) electrons. The third-order valence-corrected chi connectivity index (χ3v) is 8.39. The number of fused-ring (bicyclic) bond motifs is 4. The fourth-order valence-electron chi connectivity index (χ4n) is 6.90. The molecule has 2 atom stereocenters. The molecular weight excluding hydrogens is 504 g/mol. The summed E-state index contributed by atoms with van der Waals surface area (Å²) in [6.07, 6.45) is 1.82. The molecule has 0 spiro atoms. The van der Waals surface area contributed by atoms with Crippen LogP contribution in [0.4, 0.5) is 5.69 Å². The number of hydrogen-bond donors (Lipinski definition) is 3. The summed E-state index contributed by atoms with van der Waals surface area (Å²) in [4.78, 5) is 29.5. The van der Waals surface area contributed by atoms with E-state index in [2.05, 4.69) is 59.0 Å². The van der Waals surface area contributed by atoms with Gasteiger partial charge in [0.05, 0.1) is 22.0 Å². The fraction of sp³-hybridized carbons (Fsp3) is 0.364. The van der Waals surface area contributed by atoms with Crippen LogP contribution in [0, 0.1) is 0 Å². The first-order valence-electron chi connectivity index (χ1n) is 13.8. The zero-order chi connectivity index (χ0) is 28.7. The predicted octanol–water partition coefficient (Wildman–Crippen LogP) is 6.04. The molecular formula is C33H34N2O5. The molecule has 0 bridgehead atoms. The van der Waals surface area contributed by atoms with E-state index in [9.17, 15) is 19.8 Å². The molecule has 0 aliphatic carbocycles. The molecule has 7 nitrogen and oxygen atoms in total. The molecule has 3 aliphatic heterocycles. The van der Waals surface area contributed by atoms with Gasteiger partial charge in [-0.05, 0) is 99.4 Å². The van der Waals surface area contributed by atoms with Gasteiger partial charge in [0.2, 0.25) is 0 Å². The zero-order valence-electron chi connectivity index (χ0n) is 23.7. The van der Waals surface area contributed by atoms with Crippen LogP contribution < -0.4 is 20.6 Å². The average molecular weight is 539 g/mol. The summed E-state index contributed by atoms with van der Waals surface area (Å²) in [7, 11) is 0. The number of nitrogens with one attached hydrogen (secondary N) is 1. The van der Waals surface area contributed by atoms with Crippen LogP contribution in [0.1, 0.15) is 109 Å². The first kappa shape index (κ1) is 26.1. The van der Waals surface area contributed by atoms with Gasteiger partial charge in [0.15, 0.2) is 0 Å². The number of aromatic carboxylic acids is 2. The Kier molecular flexibility index (Phi) is 5.67. The van der Waals surface area contributed by atoms with Crippen molar-refractivity contribution < 1.29 is 24.5 Å². The molecule has 7 heteroatoms. The second-order valence-electron chi connectivity index (χ2n) is 12.8. The van der Waals surface area contributed by atoms with Crippen LogP contribution in [-0.2, 0) is 0 Å². The highest BCUT2D eigenvalue weighted by molar-refractivity contribution is 6.01. The molecule has 3 aromatic carbocycles. The lowest BCUT2D eigenvalue weighted by molar-refractivity contribution is 0.0681. The number of hydrogen-bond acceptors (Lipinski definition) is 5. The largest absolute Gasteiger partial charge is 0.478 e. The summed E-state index contributed by atoms with van der Waals surface area (Å²) in [6.45, 7) is 13.0. The van der Waals surface area contributed by atoms with Crippen molar-refractivity contribution in [3.63, 3.8) is 0 Å². The van der Waals surface area contributed by atoms with Crippen molar-refractivity contribution in [2.24, 2.45) is 4.99 Å². The molecule has 2 unspecified atom stereocenters. The van der Waals surface area contributed by atoms with Gasteiger partial charge in [0, 0.05) is 39.7 Å². The maximum Gasteiger partial charge on any atom is 0.336 e. The number of benzene rings is 3. The van der Waals surface area contributed by atoms with Crippen molar-refractivity contribution in [3.05, 3.63) is 86.4 Å². The van der Waals surface area contributed by atoms with Crippen molar-refractivity contribution >= 4 is 23.2 Å². The fourth-order valence-corrected chi connectivity index (χ4v) is 6.90. The molecule has 3 aromatic rings. The molecule has 0 fully saturated rings. The van der Waals surface area contributed by atoms with E-state index in [1.165, 1.54) is 18.2 Å². The number of carboxylic acids is 2. The van der Waals surface area contributed by atoms with E-state index >= 15 is 0 Å². The topological polar surface area (TPSA) is 108 Å². The second kappa shape index (κ2) is 8.68. The van der Waals surface area contributed by atoms with Gasteiger partial charge in [-0.3, -0.25) is 4.99 Å². The van der Waals surface area contributed by atoms with Crippen molar-refractivity contribution in [2.75, 3.05) is 5.32 Å². The van der Waals surface area contributed by atoms with Gasteiger partial charge in [-0.15, -0.1) is 0 Å². The Morgan fingerprint density at radius 2 is 1.60 bits per heavy atom. The van der Waals surface area contributed by atoms with Crippen LogP contribution >= 0.6 is 0 Å². The SMILES string of the molecule is CC1CC(C)(C)Nc2cc3c(cc21)C(c1cc(C(=O)O)ccc1C(=O)O)=c1cc2c(cc1O3)=NC(C)(C)CC2C. The van der Waals surface area contributed by atoms with Crippen LogP contribution in [0.3, 0.4) is 0 Å². The van der Waals surface area contributed by atoms with Gasteiger partial charge in [-0.25, -0.2) is 9.59 Å². The Hall–Kier alpha value is -4.13. The Morgan fingerprint density at radius 1 is 0.875 bits per heavy atom. The van der Waals surface area contributed by atoms with Gasteiger partial charge in [0.1, 0.15) is 11.5 Å². The number of carbonyl (C=O) groups is 2. The van der Waals surface area contributed by atoms with Gasteiger partial charge < -0.3 is 20.3 Å². The Bertz CT molecular complexity index is 1750. The molecule has 3 heterocycles. The first-order valence-corrected chi connectivity index (χ1v) is 13.8. The highest BCUT2D eigenvalue weighted by atomic mass is 16.5. The lowest BCUT2D eigenvalue weighted by Gasteiger charge is -2.38. The molecule has 6 rings (SSSR count). The van der Waals surface area contributed by atoms with E-state index in [1.807, 2.05) is 12.1 Å². The lowest BCUT2D eigenvalue weighted by Crippen LogP contribution is -2.37. The number of anilines is 1. The number of rotatable bonds is 3. The summed E-state index contributed by atoms with van der Waals surface area (Å²) in [5.74, 6) is -0.569. The van der Waals surface area contributed by atoms with E-state index in [-0.39, 0.29) is 34.0 Å². The minimum atomic E-state index is -1.12. The number of carboxylic acid groups (broad SMARTS) is 2. The Balaban J connectivity index is 1.74. The minimum Gasteiger partial charge on any atom is -0.478 e. The summed E-state index contributed by atoms with van der Waals surface area (Å²) in [5, 5.41) is 25.2. The van der Waals surface area contributed by atoms with Crippen molar-refractivity contribution in [2.45, 2.75) is 77.3 Å². The number of nitrogens with zero attached hydrogens (tertiary/aromatic N) is 1. The molecule has 206 valence electrons. The van der Waals surface area contributed by atoms with Crippen molar-refractivity contribution in [1.82, 2.24) is 0 Å². The van der Waals surface area contributed by atoms with E-state index in [4.69, 9.17) is 9.73 Å². The summed E-state index contributed by atoms with van der Waals surface area (Å²) in [6, 6.07) is 12.3. The smallest absolute Gasteiger partial charge is 0.336 e. The minimum absolute atomic E-state index is 0.0277. The lowest BCUT2D eigenvalue weighted by atomic mass is 9.79. The molecule has 0 amide bonds. The standard InChI is InChI=1S/C33H34N2O5/c1-16-14-32(3,4)34-25-12-27-23(10-20(16)25)29(22-9-18(30(36)37)7-8-19(22)31(38)39)24-11-21-17(2)15-33(5,6)35-26(21)13-28(24)40-27/h7-13,16-17,34H,14-15H2,1-6H3,(H,36,37)(H,38,39). The normalized spacial score (nSPS) is 21.4. The van der Waals surface area contributed by atoms with Crippen LogP contribution in [0.25, 0.3) is 5.57 Å². The maximum absolute atomic E-state index is 12.5. The predicted molar refractivity (Wildman–Crippen MR) is 154 cm³/mol. The van der Waals surface area contributed by atoms with Crippen LogP contribution in [0.15, 0.2) is 47.5 Å². The van der Waals surface area contributed by atoms with E-state index < -0.39 is 11.9 Å². The monoisotopic (exact) mass is 538 g/mol. The molecule has 3 aliphatic rings. The summed E-state index contributed by atoms with van der Waals surface area (Å²) in [5.41, 5.74) is 4.72. The van der Waals surface area contributed by atoms with Crippen LogP contribution in [-0.4, -0.2) is 33.2 Å². The zero-order valence-corrected chi connectivity index (χ0v) is 23.7. The quantitative estimate of drug-likeness (QED) is 0.294. The van der Waals surface area contributed by atoms with Gasteiger partial charge in [-0.1, -0.05) is 13.8 Å². The second-order valence-corrected chi connectivity index (χ2v) is 12.8. The van der Waals surface area contributed by atoms with Gasteiger partial charge >= 0.3 is 11.9 Å². The van der Waals surface area contributed by atoms with Gasteiger partial charge in [-0.2, -0.15) is 0 Å². The van der Waals surface area contributed by atoms with E-state index in [1.54, 1.807) is 0 Å². The van der Waals surface area contributed by atoms with Gasteiger partial charge in [0.25, 0.3) is 0 Å². The van der Waals surface area contributed by atoms with Crippen molar-refractivity contribution in [3.8, 4) is 11.5 Å². The molecule has 0 saturated heterocycles. The first-order chi connectivity index (χ1) is 18.7. The number of ether oxygens (including phenoxy) is 1. The Labute approximate surface area is 233 Å². The van der Waals surface area contributed by atoms with E-state index in [0.29, 0.717) is 22.6 Å². The third kappa shape index (κ3) is 4.24. The molecule has 40 heavy (non-hydrogen) atoms. The summed E-state index contributed by atoms with van der Waals surface area (Å²) < 4.78 is 6.56. The highest BCUT2D eigenvalue weighted by Gasteiger charge is 2.34. The molecule has 0 aromatic heterocycles. The third-order valence-electron chi connectivity index (χ3n) is 8.39. The molecule has 0 saturated carbocycles. The van der Waals surface area contributed by atoms with E-state index in [0.717, 1.165) is 45.8 Å². The summed E-state index contributed by atoms with van der Waals surface area (Å²) >= 11 is 0. The average Bonchev–Trinajstić information content (AvgIpc) is 2.83. The maximum atomic E-state index is 12.5. The Morgan fingerprint density at radius 3 is 2.30 bits per heavy atom. The molecule has 3 N–H and O–H groups in total. The van der Waals surface area contributed by atoms with Crippen LogP contribution in [0.5, 0.6) is 11.5 Å².